The van der Waals surface area contributed by atoms with Crippen molar-refractivity contribution in [2.75, 3.05) is 0 Å². The molecule has 0 unspecified atom stereocenters. The summed E-state index contributed by atoms with van der Waals surface area (Å²) in [7, 11) is 0. The van der Waals surface area contributed by atoms with Gasteiger partial charge in [0.1, 0.15) is 5.82 Å². The number of hydrogen-bond donors (Lipinski definition) is 2. The summed E-state index contributed by atoms with van der Waals surface area (Å²) in [5.41, 5.74) is 4.17. The molecule has 0 heterocycles. The Hall–Kier alpha value is -1.94. The van der Waals surface area contributed by atoms with Gasteiger partial charge < -0.3 is 10.6 Å². The van der Waals surface area contributed by atoms with Gasteiger partial charge in [-0.15, -0.1) is 0 Å². The standard InChI is InChI=1S/C20H25FN2S/c1-14-5-6-16(11-18(14)21)13-23-19(24)22-12-15-7-9-17(10-8-15)20(2,3)4/h5-11H,12-13H2,1-4H3,(H2,22,23,24). The Morgan fingerprint density at radius 3 is 2.04 bits per heavy atom. The maximum Gasteiger partial charge on any atom is 0.166 e. The van der Waals surface area contributed by atoms with E-state index in [1.165, 1.54) is 17.2 Å². The van der Waals surface area contributed by atoms with Crippen LogP contribution in [0.15, 0.2) is 42.5 Å². The molecule has 2 nitrogen and oxygen atoms in total. The second-order valence-corrected chi connectivity index (χ2v) is 7.47. The van der Waals surface area contributed by atoms with Crippen LogP contribution in [0, 0.1) is 12.7 Å². The number of nitrogens with one attached hydrogen (secondary N) is 2. The summed E-state index contributed by atoms with van der Waals surface area (Å²) in [5, 5.41) is 6.85. The lowest BCUT2D eigenvalue weighted by molar-refractivity contribution is 0.590. The average molecular weight is 344 g/mol. The van der Waals surface area contributed by atoms with Crippen molar-refractivity contribution in [3.8, 4) is 0 Å². The molecule has 2 aromatic rings. The molecule has 0 aliphatic carbocycles. The molecular weight excluding hydrogens is 319 g/mol. The SMILES string of the molecule is Cc1ccc(CNC(=S)NCc2ccc(C(C)(C)C)cc2)cc1F. The van der Waals surface area contributed by atoms with Gasteiger partial charge in [-0.25, -0.2) is 4.39 Å². The van der Waals surface area contributed by atoms with Crippen molar-refractivity contribution >= 4 is 17.3 Å². The minimum Gasteiger partial charge on any atom is -0.359 e. The zero-order valence-corrected chi connectivity index (χ0v) is 15.6. The van der Waals surface area contributed by atoms with Crippen LogP contribution in [0.3, 0.4) is 0 Å². The van der Waals surface area contributed by atoms with E-state index >= 15 is 0 Å². The van der Waals surface area contributed by atoms with E-state index in [1.54, 1.807) is 13.0 Å². The lowest BCUT2D eigenvalue weighted by atomic mass is 9.87. The minimum atomic E-state index is -0.188. The van der Waals surface area contributed by atoms with E-state index in [9.17, 15) is 4.39 Å². The van der Waals surface area contributed by atoms with Gasteiger partial charge in [0.2, 0.25) is 0 Å². The van der Waals surface area contributed by atoms with Crippen LogP contribution in [-0.4, -0.2) is 5.11 Å². The highest BCUT2D eigenvalue weighted by molar-refractivity contribution is 7.80. The molecule has 0 fully saturated rings. The van der Waals surface area contributed by atoms with Crippen LogP contribution in [0.25, 0.3) is 0 Å². The van der Waals surface area contributed by atoms with Crippen LogP contribution >= 0.6 is 12.2 Å². The van der Waals surface area contributed by atoms with Crippen molar-refractivity contribution in [3.63, 3.8) is 0 Å². The Labute approximate surface area is 149 Å². The second-order valence-electron chi connectivity index (χ2n) is 7.07. The Morgan fingerprint density at radius 1 is 0.958 bits per heavy atom. The van der Waals surface area contributed by atoms with E-state index in [2.05, 4.69) is 55.7 Å². The first-order valence-corrected chi connectivity index (χ1v) is 8.52. The van der Waals surface area contributed by atoms with Crippen molar-refractivity contribution in [2.45, 2.75) is 46.2 Å². The minimum absolute atomic E-state index is 0.159. The Morgan fingerprint density at radius 2 is 1.50 bits per heavy atom. The normalized spacial score (nSPS) is 11.2. The van der Waals surface area contributed by atoms with Gasteiger partial charge in [0.15, 0.2) is 5.11 Å². The molecular formula is C20H25FN2S. The molecule has 0 radical (unpaired) electrons. The van der Waals surface area contributed by atoms with Crippen LogP contribution in [0.2, 0.25) is 0 Å². The quantitative estimate of drug-likeness (QED) is 0.793. The monoisotopic (exact) mass is 344 g/mol. The van der Waals surface area contributed by atoms with Crippen LogP contribution in [0.1, 0.15) is 43.0 Å². The zero-order valence-electron chi connectivity index (χ0n) is 14.7. The lowest BCUT2D eigenvalue weighted by Crippen LogP contribution is -2.34. The fraction of sp³-hybridized carbons (Fsp3) is 0.350. The molecule has 128 valence electrons. The van der Waals surface area contributed by atoms with Gasteiger partial charge in [0.25, 0.3) is 0 Å². The third kappa shape index (κ3) is 5.31. The first-order chi connectivity index (χ1) is 11.3. The number of hydrogen-bond acceptors (Lipinski definition) is 1. The molecule has 2 rings (SSSR count). The van der Waals surface area contributed by atoms with E-state index in [0.717, 1.165) is 5.56 Å². The van der Waals surface area contributed by atoms with Gasteiger partial charge in [0.05, 0.1) is 0 Å². The molecule has 2 aromatic carbocycles. The lowest BCUT2D eigenvalue weighted by Gasteiger charge is -2.19. The maximum absolute atomic E-state index is 13.5. The van der Waals surface area contributed by atoms with Crippen molar-refractivity contribution in [1.82, 2.24) is 10.6 Å². The number of aryl methyl sites for hydroxylation is 1. The van der Waals surface area contributed by atoms with Crippen molar-refractivity contribution < 1.29 is 4.39 Å². The van der Waals surface area contributed by atoms with Crippen LogP contribution in [0.4, 0.5) is 4.39 Å². The van der Waals surface area contributed by atoms with E-state index < -0.39 is 0 Å². The van der Waals surface area contributed by atoms with E-state index in [-0.39, 0.29) is 11.2 Å². The topological polar surface area (TPSA) is 24.1 Å². The second kappa shape index (κ2) is 7.75. The van der Waals surface area contributed by atoms with Crippen LogP contribution < -0.4 is 10.6 Å². The number of benzene rings is 2. The molecule has 0 bridgehead atoms. The van der Waals surface area contributed by atoms with Gasteiger partial charge in [-0.3, -0.25) is 0 Å². The van der Waals surface area contributed by atoms with Gasteiger partial charge in [-0.1, -0.05) is 57.2 Å². The van der Waals surface area contributed by atoms with Crippen LogP contribution in [-0.2, 0) is 18.5 Å². The average Bonchev–Trinajstić information content (AvgIpc) is 2.53. The summed E-state index contributed by atoms with van der Waals surface area (Å²) in [6, 6.07) is 13.8. The fourth-order valence-corrected chi connectivity index (χ4v) is 2.44. The number of rotatable bonds is 4. The molecule has 0 amide bonds. The molecule has 0 atom stereocenters. The van der Waals surface area contributed by atoms with Crippen LogP contribution in [0.5, 0.6) is 0 Å². The van der Waals surface area contributed by atoms with Crippen molar-refractivity contribution in [1.29, 1.82) is 0 Å². The van der Waals surface area contributed by atoms with Crippen molar-refractivity contribution in [2.24, 2.45) is 0 Å². The highest BCUT2D eigenvalue weighted by Gasteiger charge is 2.12. The van der Waals surface area contributed by atoms with Gasteiger partial charge in [0, 0.05) is 13.1 Å². The van der Waals surface area contributed by atoms with Gasteiger partial charge in [-0.2, -0.15) is 0 Å². The molecule has 4 heteroatoms. The first kappa shape index (κ1) is 18.4. The van der Waals surface area contributed by atoms with E-state index in [1.807, 2.05) is 6.07 Å². The van der Waals surface area contributed by atoms with Gasteiger partial charge >= 0.3 is 0 Å². The molecule has 0 saturated heterocycles. The summed E-state index contributed by atoms with van der Waals surface area (Å²) in [6.07, 6.45) is 0. The predicted octanol–water partition coefficient (Wildman–Crippen LogP) is 4.60. The zero-order chi connectivity index (χ0) is 17.7. The van der Waals surface area contributed by atoms with E-state index in [0.29, 0.717) is 23.8 Å². The Kier molecular flexibility index (Phi) is 5.94. The highest BCUT2D eigenvalue weighted by Crippen LogP contribution is 2.22. The van der Waals surface area contributed by atoms with E-state index in [4.69, 9.17) is 12.2 Å². The largest absolute Gasteiger partial charge is 0.359 e. The third-order valence-corrected chi connectivity index (χ3v) is 4.25. The third-order valence-electron chi connectivity index (χ3n) is 3.96. The molecule has 0 aromatic heterocycles. The Balaban J connectivity index is 1.81. The first-order valence-electron chi connectivity index (χ1n) is 8.12. The smallest absolute Gasteiger partial charge is 0.166 e. The molecule has 0 saturated carbocycles. The van der Waals surface area contributed by atoms with Crippen molar-refractivity contribution in [3.05, 3.63) is 70.5 Å². The summed E-state index contributed by atoms with van der Waals surface area (Å²) in [6.45, 7) is 9.53. The highest BCUT2D eigenvalue weighted by atomic mass is 32.1. The molecule has 24 heavy (non-hydrogen) atoms. The van der Waals surface area contributed by atoms with Gasteiger partial charge in [-0.05, 0) is 52.9 Å². The summed E-state index contributed by atoms with van der Waals surface area (Å²) >= 11 is 5.28. The number of thiocarbonyl (C=S) groups is 1. The number of halogens is 1. The summed E-state index contributed by atoms with van der Waals surface area (Å²) < 4.78 is 13.5. The molecule has 0 spiro atoms. The molecule has 2 N–H and O–H groups in total. The fourth-order valence-electron chi connectivity index (χ4n) is 2.30. The molecule has 0 aliphatic rings. The Bertz CT molecular complexity index is 703. The summed E-state index contributed by atoms with van der Waals surface area (Å²) in [5.74, 6) is -0.188. The summed E-state index contributed by atoms with van der Waals surface area (Å²) in [4.78, 5) is 0. The molecule has 0 aliphatic heterocycles. The maximum atomic E-state index is 13.5. The predicted molar refractivity (Wildman–Crippen MR) is 103 cm³/mol.